The molecule has 1 aromatic carbocycles. The van der Waals surface area contributed by atoms with Crippen LogP contribution >= 0.6 is 11.8 Å². The number of hydrogen-bond acceptors (Lipinski definition) is 4. The molecule has 0 saturated carbocycles. The number of hydrogen-bond donors (Lipinski definition) is 1. The number of morpholine rings is 1. The van der Waals surface area contributed by atoms with Crippen molar-refractivity contribution in [2.75, 3.05) is 25.4 Å². The fourth-order valence-corrected chi connectivity index (χ4v) is 3.25. The first kappa shape index (κ1) is 15.8. The minimum Gasteiger partial charge on any atom is -0.389 e. The van der Waals surface area contributed by atoms with Crippen LogP contribution in [0.2, 0.25) is 0 Å². The van der Waals surface area contributed by atoms with Crippen molar-refractivity contribution < 1.29 is 9.84 Å². The Kier molecular flexibility index (Phi) is 5.90. The highest BCUT2D eigenvalue weighted by Crippen LogP contribution is 2.23. The van der Waals surface area contributed by atoms with Crippen molar-refractivity contribution >= 4 is 11.8 Å². The van der Waals surface area contributed by atoms with Crippen LogP contribution in [-0.4, -0.2) is 47.6 Å². The fraction of sp³-hybridized carbons (Fsp3) is 0.625. The van der Waals surface area contributed by atoms with Crippen LogP contribution < -0.4 is 0 Å². The maximum absolute atomic E-state index is 9.50. The van der Waals surface area contributed by atoms with Crippen molar-refractivity contribution in [1.82, 2.24) is 4.90 Å². The van der Waals surface area contributed by atoms with Crippen molar-refractivity contribution in [1.29, 1.82) is 0 Å². The second-order valence-electron chi connectivity index (χ2n) is 5.64. The van der Waals surface area contributed by atoms with E-state index in [-0.39, 0.29) is 0 Å². The largest absolute Gasteiger partial charge is 0.389 e. The molecule has 1 aliphatic rings. The van der Waals surface area contributed by atoms with E-state index >= 15 is 0 Å². The van der Waals surface area contributed by atoms with E-state index in [2.05, 4.69) is 30.9 Å². The van der Waals surface area contributed by atoms with Crippen LogP contribution in [0, 0.1) is 0 Å². The molecular weight excluding hydrogens is 270 g/mol. The van der Waals surface area contributed by atoms with E-state index in [9.17, 15) is 5.11 Å². The predicted molar refractivity (Wildman–Crippen MR) is 84.2 cm³/mol. The summed E-state index contributed by atoms with van der Waals surface area (Å²) in [5.74, 6) is 0.983. The van der Waals surface area contributed by atoms with E-state index in [0.29, 0.717) is 12.1 Å². The maximum Gasteiger partial charge on any atom is 0.0796 e. The van der Waals surface area contributed by atoms with Crippen LogP contribution in [0.25, 0.3) is 0 Å². The van der Waals surface area contributed by atoms with Crippen molar-refractivity contribution in [2.24, 2.45) is 0 Å². The summed E-state index contributed by atoms with van der Waals surface area (Å²) in [6.07, 6.45) is -0.0806. The monoisotopic (exact) mass is 295 g/mol. The number of nitrogens with zero attached hydrogens (tertiary/aromatic N) is 1. The third-order valence-corrected chi connectivity index (χ3v) is 4.84. The molecule has 0 radical (unpaired) electrons. The molecule has 2 atom stereocenters. The molecule has 1 fully saturated rings. The number of aliphatic hydroxyl groups is 1. The first-order valence-corrected chi connectivity index (χ1v) is 8.31. The van der Waals surface area contributed by atoms with Crippen molar-refractivity contribution in [3.8, 4) is 0 Å². The molecule has 0 aliphatic carbocycles. The Morgan fingerprint density at radius 2 is 2.00 bits per heavy atom. The minimum atomic E-state index is -0.393. The predicted octanol–water partition coefficient (Wildman–Crippen LogP) is 2.94. The van der Waals surface area contributed by atoms with Crippen molar-refractivity contribution in [2.45, 2.75) is 43.9 Å². The fourth-order valence-electron chi connectivity index (χ4n) is 2.34. The zero-order chi connectivity index (χ0) is 14.5. The van der Waals surface area contributed by atoms with Gasteiger partial charge in [-0.15, -0.1) is 11.8 Å². The van der Waals surface area contributed by atoms with Gasteiger partial charge in [0.2, 0.25) is 0 Å². The summed E-state index contributed by atoms with van der Waals surface area (Å²) in [6.45, 7) is 9.18. The summed E-state index contributed by atoms with van der Waals surface area (Å²) in [6, 6.07) is 8.74. The molecule has 0 bridgehead atoms. The Hall–Kier alpha value is -0.550. The molecule has 0 spiro atoms. The van der Waals surface area contributed by atoms with Gasteiger partial charge in [-0.25, -0.2) is 0 Å². The molecule has 3 nitrogen and oxygen atoms in total. The van der Waals surface area contributed by atoms with Gasteiger partial charge in [0.05, 0.1) is 18.8 Å². The summed E-state index contributed by atoms with van der Waals surface area (Å²) < 4.78 is 5.84. The summed E-state index contributed by atoms with van der Waals surface area (Å²) in [5.41, 5.74) is 0.967. The molecule has 2 rings (SSSR count). The number of rotatable bonds is 5. The first-order valence-electron chi connectivity index (χ1n) is 7.32. The number of ether oxygens (including phenoxy) is 1. The quantitative estimate of drug-likeness (QED) is 0.847. The van der Waals surface area contributed by atoms with E-state index in [1.54, 1.807) is 6.92 Å². The normalized spacial score (nSPS) is 22.1. The van der Waals surface area contributed by atoms with Crippen molar-refractivity contribution in [3.05, 3.63) is 29.8 Å². The molecule has 112 valence electrons. The van der Waals surface area contributed by atoms with Crippen LogP contribution in [0.3, 0.4) is 0 Å². The molecule has 0 amide bonds. The number of thioether (sulfide) groups is 1. The van der Waals surface area contributed by atoms with Gasteiger partial charge in [0.15, 0.2) is 0 Å². The van der Waals surface area contributed by atoms with Crippen LogP contribution in [0.1, 0.15) is 32.4 Å². The molecule has 20 heavy (non-hydrogen) atoms. The Balaban J connectivity index is 1.82. The zero-order valence-electron chi connectivity index (χ0n) is 12.6. The minimum absolute atomic E-state index is 0.313. The summed E-state index contributed by atoms with van der Waals surface area (Å²) in [5, 5.41) is 9.50. The Morgan fingerprint density at radius 1 is 1.30 bits per heavy atom. The van der Waals surface area contributed by atoms with E-state index in [1.165, 1.54) is 4.90 Å². The average molecular weight is 295 g/mol. The second-order valence-corrected chi connectivity index (χ2v) is 6.73. The van der Waals surface area contributed by atoms with Crippen LogP contribution in [0.15, 0.2) is 29.2 Å². The first-order chi connectivity index (χ1) is 9.56. The van der Waals surface area contributed by atoms with Crippen LogP contribution in [-0.2, 0) is 4.74 Å². The molecule has 1 aliphatic heterocycles. The van der Waals surface area contributed by atoms with E-state index < -0.39 is 6.10 Å². The van der Waals surface area contributed by atoms with Crippen LogP contribution in [0.4, 0.5) is 0 Å². The average Bonchev–Trinajstić information content (AvgIpc) is 2.46. The van der Waals surface area contributed by atoms with Gasteiger partial charge in [-0.3, -0.25) is 4.90 Å². The molecule has 1 N–H and O–H groups in total. The lowest BCUT2D eigenvalue weighted by atomic mass is 10.1. The van der Waals surface area contributed by atoms with Gasteiger partial charge >= 0.3 is 0 Å². The molecular formula is C16H25NO2S. The summed E-state index contributed by atoms with van der Waals surface area (Å²) in [4.78, 5) is 3.71. The molecule has 4 heteroatoms. The molecule has 1 heterocycles. The highest BCUT2D eigenvalue weighted by molar-refractivity contribution is 7.99. The smallest absolute Gasteiger partial charge is 0.0796 e. The topological polar surface area (TPSA) is 32.7 Å². The maximum atomic E-state index is 9.50. The third kappa shape index (κ3) is 4.48. The summed E-state index contributed by atoms with van der Waals surface area (Å²) >= 11 is 1.83. The summed E-state index contributed by atoms with van der Waals surface area (Å²) in [7, 11) is 0. The number of benzene rings is 1. The third-order valence-electron chi connectivity index (χ3n) is 3.70. The molecule has 2 unspecified atom stereocenters. The molecule has 0 aromatic heterocycles. The molecule has 1 saturated heterocycles. The SMILES string of the molecule is CC(O)c1ccc(SCC2CN(C(C)C)CCO2)cc1. The van der Waals surface area contributed by atoms with Gasteiger partial charge < -0.3 is 9.84 Å². The van der Waals surface area contributed by atoms with E-state index in [1.807, 2.05) is 23.9 Å². The lowest BCUT2D eigenvalue weighted by Crippen LogP contribution is -2.46. The second kappa shape index (κ2) is 7.46. The Bertz CT molecular complexity index is 405. The Labute approximate surface area is 126 Å². The van der Waals surface area contributed by atoms with Crippen molar-refractivity contribution in [3.63, 3.8) is 0 Å². The van der Waals surface area contributed by atoms with Gasteiger partial charge in [-0.2, -0.15) is 0 Å². The number of aliphatic hydroxyl groups excluding tert-OH is 1. The van der Waals surface area contributed by atoms with Crippen LogP contribution in [0.5, 0.6) is 0 Å². The van der Waals surface area contributed by atoms with Gasteiger partial charge in [-0.05, 0) is 38.5 Å². The molecule has 1 aromatic rings. The van der Waals surface area contributed by atoms with E-state index in [4.69, 9.17) is 4.74 Å². The van der Waals surface area contributed by atoms with E-state index in [0.717, 1.165) is 31.0 Å². The zero-order valence-corrected chi connectivity index (χ0v) is 13.4. The lowest BCUT2D eigenvalue weighted by Gasteiger charge is -2.35. The Morgan fingerprint density at radius 3 is 2.60 bits per heavy atom. The van der Waals surface area contributed by atoms with Gasteiger partial charge in [-0.1, -0.05) is 12.1 Å². The lowest BCUT2D eigenvalue weighted by molar-refractivity contribution is -0.0265. The highest BCUT2D eigenvalue weighted by atomic mass is 32.2. The van der Waals surface area contributed by atoms with Gasteiger partial charge in [0, 0.05) is 29.8 Å². The van der Waals surface area contributed by atoms with Gasteiger partial charge in [0.25, 0.3) is 0 Å². The standard InChI is InChI=1S/C16H25NO2S/c1-12(2)17-8-9-19-15(10-17)11-20-16-6-4-14(5-7-16)13(3)18/h4-7,12-13,15,18H,8-11H2,1-3H3. The van der Waals surface area contributed by atoms with Gasteiger partial charge in [0.1, 0.15) is 0 Å². The highest BCUT2D eigenvalue weighted by Gasteiger charge is 2.22.